The first kappa shape index (κ1) is 15.0. The summed E-state index contributed by atoms with van der Waals surface area (Å²) in [4.78, 5) is 11.7. The Morgan fingerprint density at radius 3 is 2.40 bits per heavy atom. The van der Waals surface area contributed by atoms with Gasteiger partial charge in [0.05, 0.1) is 6.54 Å². The summed E-state index contributed by atoms with van der Waals surface area (Å²) < 4.78 is 1.15. The molecular formula is C16H17IN2O. The number of amides is 1. The molecule has 0 aliphatic rings. The van der Waals surface area contributed by atoms with E-state index in [4.69, 9.17) is 0 Å². The summed E-state index contributed by atoms with van der Waals surface area (Å²) in [5.74, 6) is -0.0146. The maximum absolute atomic E-state index is 11.7. The summed E-state index contributed by atoms with van der Waals surface area (Å²) in [6, 6.07) is 18.0. The molecule has 4 heteroatoms. The molecule has 104 valence electrons. The molecule has 0 fully saturated rings. The van der Waals surface area contributed by atoms with Crippen LogP contribution in [0.1, 0.15) is 5.56 Å². The summed E-state index contributed by atoms with van der Waals surface area (Å²) in [5.41, 5.74) is 2.11. The van der Waals surface area contributed by atoms with E-state index in [-0.39, 0.29) is 5.91 Å². The van der Waals surface area contributed by atoms with E-state index in [1.54, 1.807) is 0 Å². The van der Waals surface area contributed by atoms with Crippen LogP contribution < -0.4 is 10.6 Å². The molecule has 0 unspecified atom stereocenters. The highest BCUT2D eigenvalue weighted by Gasteiger charge is 2.01. The minimum absolute atomic E-state index is 0.0146. The molecule has 0 aliphatic heterocycles. The first-order chi connectivity index (χ1) is 9.74. The summed E-state index contributed by atoms with van der Waals surface area (Å²) in [6.45, 7) is 1.13. The van der Waals surface area contributed by atoms with Crippen molar-refractivity contribution >= 4 is 34.2 Å². The van der Waals surface area contributed by atoms with Gasteiger partial charge in [-0.15, -0.1) is 0 Å². The molecule has 1 amide bonds. The molecule has 0 atom stereocenters. The van der Waals surface area contributed by atoms with Gasteiger partial charge in [0.25, 0.3) is 0 Å². The lowest BCUT2D eigenvalue weighted by atomic mass is 10.1. The number of hydrogen-bond acceptors (Lipinski definition) is 2. The number of benzene rings is 2. The highest BCUT2D eigenvalue weighted by atomic mass is 127. The third-order valence-electron chi connectivity index (χ3n) is 2.85. The van der Waals surface area contributed by atoms with Gasteiger partial charge in [-0.2, -0.15) is 0 Å². The average Bonchev–Trinajstić information content (AvgIpc) is 2.47. The molecule has 0 aliphatic carbocycles. The van der Waals surface area contributed by atoms with Gasteiger partial charge in [0, 0.05) is 9.26 Å². The van der Waals surface area contributed by atoms with Crippen LogP contribution in [0.15, 0.2) is 54.6 Å². The minimum Gasteiger partial charge on any atom is -0.325 e. The normalized spacial score (nSPS) is 10.2. The molecule has 2 aromatic rings. The van der Waals surface area contributed by atoms with Crippen molar-refractivity contribution in [1.82, 2.24) is 5.32 Å². The number of nitrogens with one attached hydrogen (secondary N) is 2. The SMILES string of the molecule is O=C(CNCCc1ccccc1)Nc1ccc(I)cc1. The number of hydrogen-bond donors (Lipinski definition) is 2. The fourth-order valence-corrected chi connectivity index (χ4v) is 2.18. The Balaban J connectivity index is 1.66. The van der Waals surface area contributed by atoms with Crippen LogP contribution in [0.2, 0.25) is 0 Å². The van der Waals surface area contributed by atoms with Gasteiger partial charge in [0.1, 0.15) is 0 Å². The second-order valence-electron chi connectivity index (χ2n) is 4.47. The molecule has 20 heavy (non-hydrogen) atoms. The van der Waals surface area contributed by atoms with Gasteiger partial charge in [0.2, 0.25) is 5.91 Å². The molecule has 2 N–H and O–H groups in total. The Labute approximate surface area is 132 Å². The van der Waals surface area contributed by atoms with Gasteiger partial charge >= 0.3 is 0 Å². The molecule has 0 spiro atoms. The number of halogens is 1. The zero-order valence-corrected chi connectivity index (χ0v) is 13.3. The lowest BCUT2D eigenvalue weighted by Crippen LogP contribution is -2.29. The van der Waals surface area contributed by atoms with Gasteiger partial charge in [-0.05, 0) is 65.4 Å². The van der Waals surface area contributed by atoms with Crippen LogP contribution in [0, 0.1) is 3.57 Å². The van der Waals surface area contributed by atoms with Crippen LogP contribution in [0.4, 0.5) is 5.69 Å². The van der Waals surface area contributed by atoms with E-state index in [1.165, 1.54) is 5.56 Å². The molecule has 0 aromatic heterocycles. The molecular weight excluding hydrogens is 363 g/mol. The first-order valence-electron chi connectivity index (χ1n) is 6.54. The van der Waals surface area contributed by atoms with Crippen molar-refractivity contribution in [3.8, 4) is 0 Å². The van der Waals surface area contributed by atoms with Crippen LogP contribution in [0.25, 0.3) is 0 Å². The minimum atomic E-state index is -0.0146. The highest BCUT2D eigenvalue weighted by Crippen LogP contribution is 2.10. The quantitative estimate of drug-likeness (QED) is 0.598. The number of anilines is 1. The smallest absolute Gasteiger partial charge is 0.238 e. The first-order valence-corrected chi connectivity index (χ1v) is 7.62. The van der Waals surface area contributed by atoms with E-state index in [0.717, 1.165) is 22.2 Å². The predicted molar refractivity (Wildman–Crippen MR) is 90.8 cm³/mol. The van der Waals surface area contributed by atoms with Crippen LogP contribution in [0.3, 0.4) is 0 Å². The standard InChI is InChI=1S/C16H17IN2O/c17-14-6-8-15(9-7-14)19-16(20)12-18-11-10-13-4-2-1-3-5-13/h1-9,18H,10-12H2,(H,19,20). The van der Waals surface area contributed by atoms with Crippen LogP contribution in [0.5, 0.6) is 0 Å². The number of rotatable bonds is 6. The van der Waals surface area contributed by atoms with Crippen LogP contribution >= 0.6 is 22.6 Å². The van der Waals surface area contributed by atoms with E-state index in [2.05, 4.69) is 45.4 Å². The molecule has 0 bridgehead atoms. The molecule has 3 nitrogen and oxygen atoms in total. The van der Waals surface area contributed by atoms with Crippen molar-refractivity contribution in [2.45, 2.75) is 6.42 Å². The van der Waals surface area contributed by atoms with Crippen molar-refractivity contribution in [3.63, 3.8) is 0 Å². The average molecular weight is 380 g/mol. The molecule has 2 aromatic carbocycles. The van der Waals surface area contributed by atoms with E-state index in [9.17, 15) is 4.79 Å². The Morgan fingerprint density at radius 2 is 1.70 bits per heavy atom. The van der Waals surface area contributed by atoms with E-state index < -0.39 is 0 Å². The Bertz CT molecular complexity index is 540. The fraction of sp³-hybridized carbons (Fsp3) is 0.188. The molecule has 2 rings (SSSR count). The Morgan fingerprint density at radius 1 is 1.00 bits per heavy atom. The van der Waals surface area contributed by atoms with Crippen LogP contribution in [-0.2, 0) is 11.2 Å². The lowest BCUT2D eigenvalue weighted by Gasteiger charge is -2.07. The number of carbonyl (C=O) groups is 1. The van der Waals surface area contributed by atoms with Gasteiger partial charge in [0.15, 0.2) is 0 Å². The monoisotopic (exact) mass is 380 g/mol. The van der Waals surface area contributed by atoms with Gasteiger partial charge < -0.3 is 10.6 Å². The van der Waals surface area contributed by atoms with Crippen LogP contribution in [-0.4, -0.2) is 19.0 Å². The fourth-order valence-electron chi connectivity index (χ4n) is 1.82. The second-order valence-corrected chi connectivity index (χ2v) is 5.71. The van der Waals surface area contributed by atoms with Gasteiger partial charge in [-0.3, -0.25) is 4.79 Å². The van der Waals surface area contributed by atoms with Gasteiger partial charge in [-0.1, -0.05) is 30.3 Å². The largest absolute Gasteiger partial charge is 0.325 e. The zero-order chi connectivity index (χ0) is 14.2. The third-order valence-corrected chi connectivity index (χ3v) is 3.57. The summed E-state index contributed by atoms with van der Waals surface area (Å²) in [7, 11) is 0. The van der Waals surface area contributed by atoms with Crippen molar-refractivity contribution in [2.75, 3.05) is 18.4 Å². The lowest BCUT2D eigenvalue weighted by molar-refractivity contribution is -0.115. The highest BCUT2D eigenvalue weighted by molar-refractivity contribution is 14.1. The third kappa shape index (κ3) is 5.30. The molecule has 0 saturated carbocycles. The Hall–Kier alpha value is -1.40. The van der Waals surface area contributed by atoms with E-state index in [0.29, 0.717) is 6.54 Å². The van der Waals surface area contributed by atoms with E-state index >= 15 is 0 Å². The maximum atomic E-state index is 11.7. The van der Waals surface area contributed by atoms with E-state index in [1.807, 2.05) is 42.5 Å². The van der Waals surface area contributed by atoms with Crippen molar-refractivity contribution in [3.05, 3.63) is 63.7 Å². The summed E-state index contributed by atoms with van der Waals surface area (Å²) >= 11 is 2.24. The van der Waals surface area contributed by atoms with Gasteiger partial charge in [-0.25, -0.2) is 0 Å². The van der Waals surface area contributed by atoms with Crippen molar-refractivity contribution < 1.29 is 4.79 Å². The summed E-state index contributed by atoms with van der Waals surface area (Å²) in [6.07, 6.45) is 0.928. The summed E-state index contributed by atoms with van der Waals surface area (Å²) in [5, 5.41) is 6.01. The Kier molecular flexibility index (Phi) is 6.01. The maximum Gasteiger partial charge on any atom is 0.238 e. The van der Waals surface area contributed by atoms with Crippen molar-refractivity contribution in [1.29, 1.82) is 0 Å². The molecule has 0 saturated heterocycles. The molecule has 0 radical (unpaired) electrons. The predicted octanol–water partition coefficient (Wildman–Crippen LogP) is 3.06. The second kappa shape index (κ2) is 8.01. The topological polar surface area (TPSA) is 41.1 Å². The molecule has 0 heterocycles. The zero-order valence-electron chi connectivity index (χ0n) is 11.1. The number of carbonyl (C=O) groups excluding carboxylic acids is 1. The van der Waals surface area contributed by atoms with Crippen molar-refractivity contribution in [2.24, 2.45) is 0 Å².